The molecule has 2 aliphatic heterocycles. The van der Waals surface area contributed by atoms with E-state index in [1.807, 2.05) is 7.05 Å². The summed E-state index contributed by atoms with van der Waals surface area (Å²) in [5.74, 6) is -1.36. The number of nitrogens with two attached hydrogens (primary N) is 1. The van der Waals surface area contributed by atoms with Crippen LogP contribution >= 0.6 is 34.3 Å². The van der Waals surface area contributed by atoms with E-state index in [9.17, 15) is 18.0 Å². The number of rotatable bonds is 5. The number of fused-ring (bicyclic) bond motifs is 1. The summed E-state index contributed by atoms with van der Waals surface area (Å²) in [5.41, 5.74) is 6.92. The number of anilines is 1. The van der Waals surface area contributed by atoms with Crippen LogP contribution in [0, 0.1) is 5.92 Å². The lowest BCUT2D eigenvalue weighted by atomic mass is 9.98. The summed E-state index contributed by atoms with van der Waals surface area (Å²) in [7, 11) is -1.70. The molecule has 3 N–H and O–H groups in total. The zero-order valence-electron chi connectivity index (χ0n) is 16.9. The van der Waals surface area contributed by atoms with Crippen molar-refractivity contribution in [1.82, 2.24) is 9.21 Å². The number of primary amides is 1. The minimum atomic E-state index is -3.70. The second-order valence-corrected chi connectivity index (χ2v) is 12.8. The lowest BCUT2D eigenvalue weighted by Crippen LogP contribution is -2.43. The number of amides is 2. The van der Waals surface area contributed by atoms with Crippen LogP contribution < -0.4 is 11.1 Å². The molecule has 31 heavy (non-hydrogen) atoms. The van der Waals surface area contributed by atoms with Crippen molar-refractivity contribution in [2.75, 3.05) is 32.0 Å². The van der Waals surface area contributed by atoms with E-state index in [2.05, 4.69) is 10.2 Å². The zero-order valence-corrected chi connectivity index (χ0v) is 20.1. The fourth-order valence-electron chi connectivity index (χ4n) is 4.03. The van der Waals surface area contributed by atoms with Gasteiger partial charge in [0.2, 0.25) is 5.91 Å². The van der Waals surface area contributed by atoms with E-state index in [-0.39, 0.29) is 16.7 Å². The Morgan fingerprint density at radius 3 is 2.71 bits per heavy atom. The number of sulfonamides is 1. The van der Waals surface area contributed by atoms with Crippen molar-refractivity contribution in [2.24, 2.45) is 11.7 Å². The van der Waals surface area contributed by atoms with E-state index >= 15 is 0 Å². The standard InChI is InChI=1S/C19H23ClN4O4S3/c1-23-8-6-12-13(10-23)29-19(16(12)17(21)25)22-18(26)11-3-2-7-24(9-11)31(27,28)15-5-4-14(20)30-15/h4-5,11H,2-3,6-10H2,1H3,(H2,21,25)(H,22,26). The van der Waals surface area contributed by atoms with Crippen molar-refractivity contribution in [3.63, 3.8) is 0 Å². The van der Waals surface area contributed by atoms with Gasteiger partial charge in [0.05, 0.1) is 15.8 Å². The zero-order chi connectivity index (χ0) is 22.3. The normalized spacial score (nSPS) is 20.4. The van der Waals surface area contributed by atoms with E-state index in [1.165, 1.54) is 21.7 Å². The van der Waals surface area contributed by atoms with Crippen LogP contribution in [-0.4, -0.2) is 56.1 Å². The van der Waals surface area contributed by atoms with Gasteiger partial charge in [-0.3, -0.25) is 9.59 Å². The van der Waals surface area contributed by atoms with Crippen molar-refractivity contribution >= 4 is 61.1 Å². The Kier molecular flexibility index (Phi) is 6.44. The molecular formula is C19H23ClN4O4S3. The van der Waals surface area contributed by atoms with Gasteiger partial charge in [0.15, 0.2) is 0 Å². The van der Waals surface area contributed by atoms with Crippen molar-refractivity contribution in [3.8, 4) is 0 Å². The Balaban J connectivity index is 1.52. The van der Waals surface area contributed by atoms with Crippen molar-refractivity contribution in [1.29, 1.82) is 0 Å². The molecule has 1 atom stereocenters. The third-order valence-electron chi connectivity index (χ3n) is 5.63. The fourth-order valence-corrected chi connectivity index (χ4v) is 8.53. The predicted octanol–water partition coefficient (Wildman–Crippen LogP) is 2.59. The highest BCUT2D eigenvalue weighted by molar-refractivity contribution is 7.91. The first-order chi connectivity index (χ1) is 14.7. The molecule has 8 nitrogen and oxygen atoms in total. The van der Waals surface area contributed by atoms with E-state index in [1.54, 1.807) is 6.07 Å². The first-order valence-electron chi connectivity index (χ1n) is 9.86. The van der Waals surface area contributed by atoms with Gasteiger partial charge in [0.25, 0.3) is 15.9 Å². The van der Waals surface area contributed by atoms with Crippen LogP contribution in [0.15, 0.2) is 16.3 Å². The van der Waals surface area contributed by atoms with Gasteiger partial charge >= 0.3 is 0 Å². The number of carbonyl (C=O) groups excluding carboxylic acids is 2. The molecule has 0 spiro atoms. The molecule has 4 rings (SSSR count). The van der Waals surface area contributed by atoms with Crippen LogP contribution in [0.1, 0.15) is 33.6 Å². The lowest BCUT2D eigenvalue weighted by Gasteiger charge is -2.30. The molecule has 0 aliphatic carbocycles. The van der Waals surface area contributed by atoms with Gasteiger partial charge in [-0.15, -0.1) is 22.7 Å². The molecule has 1 saturated heterocycles. The number of carbonyl (C=O) groups is 2. The minimum Gasteiger partial charge on any atom is -0.365 e. The van der Waals surface area contributed by atoms with Crippen LogP contribution in [0.25, 0.3) is 0 Å². The minimum absolute atomic E-state index is 0.0867. The Bertz CT molecular complexity index is 1130. The molecule has 2 aromatic heterocycles. The predicted molar refractivity (Wildman–Crippen MR) is 122 cm³/mol. The van der Waals surface area contributed by atoms with Crippen molar-refractivity contribution in [2.45, 2.75) is 30.0 Å². The van der Waals surface area contributed by atoms with E-state index in [0.29, 0.717) is 47.3 Å². The maximum Gasteiger partial charge on any atom is 0.252 e. The Labute approximate surface area is 194 Å². The molecule has 1 unspecified atom stereocenters. The largest absolute Gasteiger partial charge is 0.365 e. The van der Waals surface area contributed by atoms with E-state index in [4.69, 9.17) is 17.3 Å². The molecule has 0 saturated carbocycles. The molecule has 2 amide bonds. The highest BCUT2D eigenvalue weighted by Crippen LogP contribution is 2.37. The van der Waals surface area contributed by atoms with Gasteiger partial charge in [0.1, 0.15) is 9.21 Å². The first kappa shape index (κ1) is 22.7. The Hall–Kier alpha value is -1.50. The summed E-state index contributed by atoms with van der Waals surface area (Å²) in [4.78, 5) is 28.3. The number of thiophene rings is 2. The number of piperidine rings is 1. The van der Waals surface area contributed by atoms with Gasteiger partial charge in [-0.2, -0.15) is 4.31 Å². The maximum absolute atomic E-state index is 13.0. The van der Waals surface area contributed by atoms with E-state index < -0.39 is 21.8 Å². The number of likely N-dealkylation sites (N-methyl/N-ethyl adjacent to an activating group) is 1. The van der Waals surface area contributed by atoms with Gasteiger partial charge < -0.3 is 16.0 Å². The summed E-state index contributed by atoms with van der Waals surface area (Å²) < 4.78 is 27.7. The highest BCUT2D eigenvalue weighted by atomic mass is 35.5. The summed E-state index contributed by atoms with van der Waals surface area (Å²) in [5, 5.41) is 3.33. The van der Waals surface area contributed by atoms with Gasteiger partial charge in [-0.05, 0) is 44.0 Å². The maximum atomic E-state index is 13.0. The molecule has 12 heteroatoms. The van der Waals surface area contributed by atoms with Gasteiger partial charge in [0, 0.05) is 31.1 Å². The number of nitrogens with zero attached hydrogens (tertiary/aromatic N) is 2. The molecule has 4 heterocycles. The van der Waals surface area contributed by atoms with Crippen LogP contribution in [0.4, 0.5) is 5.00 Å². The first-order valence-corrected chi connectivity index (χ1v) is 13.3. The topological polar surface area (TPSA) is 113 Å². The molecule has 0 bridgehead atoms. The molecule has 0 radical (unpaired) electrons. The molecule has 1 fully saturated rings. The second kappa shape index (κ2) is 8.80. The van der Waals surface area contributed by atoms with Crippen LogP contribution in [0.3, 0.4) is 0 Å². The molecular weight excluding hydrogens is 480 g/mol. The number of hydrogen-bond acceptors (Lipinski definition) is 7. The van der Waals surface area contributed by atoms with Crippen molar-refractivity contribution in [3.05, 3.63) is 32.5 Å². The number of nitrogens with one attached hydrogen (secondary N) is 1. The van der Waals surface area contributed by atoms with Crippen LogP contribution in [0.2, 0.25) is 4.34 Å². The highest BCUT2D eigenvalue weighted by Gasteiger charge is 2.35. The van der Waals surface area contributed by atoms with Crippen LogP contribution in [-0.2, 0) is 27.8 Å². The number of halogens is 1. The fraction of sp³-hybridized carbons (Fsp3) is 0.474. The van der Waals surface area contributed by atoms with Crippen molar-refractivity contribution < 1.29 is 18.0 Å². The molecule has 168 valence electrons. The smallest absolute Gasteiger partial charge is 0.252 e. The SMILES string of the molecule is CN1CCc2c(sc(NC(=O)C3CCCN(S(=O)(=O)c4ccc(Cl)s4)C3)c2C(N)=O)C1. The summed E-state index contributed by atoms with van der Waals surface area (Å²) in [6.07, 6.45) is 1.85. The third kappa shape index (κ3) is 4.53. The lowest BCUT2D eigenvalue weighted by molar-refractivity contribution is -0.120. The molecule has 2 aliphatic rings. The summed E-state index contributed by atoms with van der Waals surface area (Å²) >= 11 is 8.27. The van der Waals surface area contributed by atoms with Crippen LogP contribution in [0.5, 0.6) is 0 Å². The Morgan fingerprint density at radius 2 is 2.03 bits per heavy atom. The second-order valence-electron chi connectivity index (χ2n) is 7.81. The average Bonchev–Trinajstić information content (AvgIpc) is 3.31. The Morgan fingerprint density at radius 1 is 1.26 bits per heavy atom. The van der Waals surface area contributed by atoms with Gasteiger partial charge in [-0.1, -0.05) is 11.6 Å². The summed E-state index contributed by atoms with van der Waals surface area (Å²) in [6, 6.07) is 3.03. The molecule has 0 aromatic carbocycles. The monoisotopic (exact) mass is 502 g/mol. The molecule has 2 aromatic rings. The third-order valence-corrected chi connectivity index (χ3v) is 10.3. The van der Waals surface area contributed by atoms with E-state index in [0.717, 1.165) is 28.3 Å². The quantitative estimate of drug-likeness (QED) is 0.652. The summed E-state index contributed by atoms with van der Waals surface area (Å²) in [6.45, 7) is 1.96. The number of hydrogen-bond donors (Lipinski definition) is 2. The van der Waals surface area contributed by atoms with Gasteiger partial charge in [-0.25, -0.2) is 8.42 Å². The average molecular weight is 503 g/mol.